The molecule has 0 atom stereocenters. The molecular weight excluding hydrogens is 321 g/mol. The fourth-order valence-corrected chi connectivity index (χ4v) is 2.94. The van der Waals surface area contributed by atoms with Crippen molar-refractivity contribution >= 4 is 46.9 Å². The Morgan fingerprint density at radius 1 is 1.10 bits per heavy atom. The van der Waals surface area contributed by atoms with E-state index in [2.05, 4.69) is 0 Å². The molecule has 0 saturated heterocycles. The van der Waals surface area contributed by atoms with Gasteiger partial charge in [-0.1, -0.05) is 41.0 Å². The Kier molecular flexibility index (Phi) is 4.65. The van der Waals surface area contributed by atoms with Crippen molar-refractivity contribution in [3.63, 3.8) is 0 Å². The van der Waals surface area contributed by atoms with Crippen molar-refractivity contribution in [1.29, 1.82) is 0 Å². The SMILES string of the molecule is O=Cc1ccc(Sc2cc(Cl)ccc2Cl)c([N+](=O)[O-])c1. The zero-order valence-electron chi connectivity index (χ0n) is 9.88. The second-order valence-electron chi connectivity index (χ2n) is 3.78. The minimum atomic E-state index is -0.534. The van der Waals surface area contributed by atoms with Crippen LogP contribution in [0.15, 0.2) is 46.2 Å². The maximum Gasteiger partial charge on any atom is 0.283 e. The van der Waals surface area contributed by atoms with Crippen LogP contribution in [0, 0.1) is 10.1 Å². The highest BCUT2D eigenvalue weighted by molar-refractivity contribution is 7.99. The van der Waals surface area contributed by atoms with E-state index in [1.807, 2.05) is 0 Å². The van der Waals surface area contributed by atoms with Crippen molar-refractivity contribution in [1.82, 2.24) is 0 Å². The molecule has 2 aromatic carbocycles. The first-order valence-electron chi connectivity index (χ1n) is 5.38. The average Bonchev–Trinajstić information content (AvgIpc) is 2.43. The van der Waals surface area contributed by atoms with E-state index >= 15 is 0 Å². The zero-order chi connectivity index (χ0) is 14.7. The maximum atomic E-state index is 11.0. The molecule has 0 amide bonds. The fourth-order valence-electron chi connectivity index (χ4n) is 1.51. The Bertz CT molecular complexity index is 691. The molecule has 0 N–H and O–H groups in total. The van der Waals surface area contributed by atoms with E-state index in [4.69, 9.17) is 23.2 Å². The van der Waals surface area contributed by atoms with Gasteiger partial charge in [0.2, 0.25) is 0 Å². The number of nitro groups is 1. The van der Waals surface area contributed by atoms with Crippen molar-refractivity contribution in [3.8, 4) is 0 Å². The molecule has 0 saturated carbocycles. The predicted octanol–water partition coefficient (Wildman–Crippen LogP) is 4.87. The van der Waals surface area contributed by atoms with Crippen molar-refractivity contribution in [3.05, 3.63) is 62.1 Å². The number of hydrogen-bond acceptors (Lipinski definition) is 4. The Labute approximate surface area is 128 Å². The first-order chi connectivity index (χ1) is 9.51. The molecule has 4 nitrogen and oxygen atoms in total. The molecule has 102 valence electrons. The molecule has 0 bridgehead atoms. The number of benzene rings is 2. The molecule has 0 unspecified atom stereocenters. The van der Waals surface area contributed by atoms with Gasteiger partial charge < -0.3 is 0 Å². The molecule has 0 aliphatic carbocycles. The van der Waals surface area contributed by atoms with E-state index in [0.717, 1.165) is 11.8 Å². The lowest BCUT2D eigenvalue weighted by atomic mass is 10.2. The lowest BCUT2D eigenvalue weighted by Gasteiger charge is -2.06. The van der Waals surface area contributed by atoms with Crippen LogP contribution in [0.1, 0.15) is 10.4 Å². The topological polar surface area (TPSA) is 60.2 Å². The van der Waals surface area contributed by atoms with Crippen molar-refractivity contribution in [2.75, 3.05) is 0 Å². The summed E-state index contributed by atoms with van der Waals surface area (Å²) in [4.78, 5) is 22.2. The third-order valence-electron chi connectivity index (χ3n) is 2.43. The van der Waals surface area contributed by atoms with Crippen LogP contribution < -0.4 is 0 Å². The number of nitrogens with zero attached hydrogens (tertiary/aromatic N) is 1. The van der Waals surface area contributed by atoms with Gasteiger partial charge in [-0.2, -0.15) is 0 Å². The summed E-state index contributed by atoms with van der Waals surface area (Å²) in [5.74, 6) is 0. The van der Waals surface area contributed by atoms with Crippen LogP contribution in [0.2, 0.25) is 10.0 Å². The normalized spacial score (nSPS) is 10.3. The highest BCUT2D eigenvalue weighted by atomic mass is 35.5. The van der Waals surface area contributed by atoms with Crippen LogP contribution >= 0.6 is 35.0 Å². The van der Waals surface area contributed by atoms with Crippen LogP contribution in [0.4, 0.5) is 5.69 Å². The summed E-state index contributed by atoms with van der Waals surface area (Å²) in [5, 5.41) is 12.0. The molecular formula is C13H7Cl2NO3S. The summed E-state index contributed by atoms with van der Waals surface area (Å²) >= 11 is 13.0. The molecule has 0 aliphatic heterocycles. The Balaban J connectivity index is 2.45. The Morgan fingerprint density at radius 2 is 1.85 bits per heavy atom. The third-order valence-corrected chi connectivity index (χ3v) is 4.23. The van der Waals surface area contributed by atoms with E-state index in [9.17, 15) is 14.9 Å². The van der Waals surface area contributed by atoms with E-state index in [1.54, 1.807) is 18.2 Å². The second kappa shape index (κ2) is 6.26. The van der Waals surface area contributed by atoms with Crippen LogP contribution in [0.25, 0.3) is 0 Å². The highest BCUT2D eigenvalue weighted by Crippen LogP contribution is 2.39. The average molecular weight is 328 g/mol. The number of hydrogen-bond donors (Lipinski definition) is 0. The third kappa shape index (κ3) is 3.30. The van der Waals surface area contributed by atoms with Gasteiger partial charge in [0.05, 0.1) is 14.8 Å². The minimum absolute atomic E-state index is 0.143. The van der Waals surface area contributed by atoms with Gasteiger partial charge in [0.25, 0.3) is 5.69 Å². The van der Waals surface area contributed by atoms with Gasteiger partial charge in [-0.15, -0.1) is 0 Å². The van der Waals surface area contributed by atoms with Gasteiger partial charge in [-0.25, -0.2) is 0 Å². The van der Waals surface area contributed by atoms with Gasteiger partial charge in [-0.05, 0) is 24.3 Å². The van der Waals surface area contributed by atoms with E-state index in [0.29, 0.717) is 26.1 Å². The minimum Gasteiger partial charge on any atom is -0.298 e. The molecule has 0 fully saturated rings. The van der Waals surface area contributed by atoms with Gasteiger partial charge in [0.1, 0.15) is 6.29 Å². The monoisotopic (exact) mass is 327 g/mol. The number of carbonyl (C=O) groups excluding carboxylic acids is 1. The largest absolute Gasteiger partial charge is 0.298 e. The van der Waals surface area contributed by atoms with Crippen LogP contribution in [-0.4, -0.2) is 11.2 Å². The molecule has 0 heterocycles. The predicted molar refractivity (Wildman–Crippen MR) is 79.1 cm³/mol. The lowest BCUT2D eigenvalue weighted by molar-refractivity contribution is -0.387. The summed E-state index contributed by atoms with van der Waals surface area (Å²) in [6.07, 6.45) is 0.563. The van der Waals surface area contributed by atoms with Crippen LogP contribution in [0.5, 0.6) is 0 Å². The standard InChI is InChI=1S/C13H7Cl2NO3S/c14-9-2-3-10(15)13(6-9)20-12-4-1-8(7-17)5-11(12)16(18)19/h1-7H. The number of aldehydes is 1. The summed E-state index contributed by atoms with van der Waals surface area (Å²) in [5.41, 5.74) is 0.105. The highest BCUT2D eigenvalue weighted by Gasteiger charge is 2.17. The zero-order valence-corrected chi connectivity index (χ0v) is 12.2. The fraction of sp³-hybridized carbons (Fsp3) is 0. The molecule has 2 rings (SSSR count). The van der Waals surface area contributed by atoms with E-state index < -0.39 is 4.92 Å². The smallest absolute Gasteiger partial charge is 0.283 e. The lowest BCUT2D eigenvalue weighted by Crippen LogP contribution is -1.93. The van der Waals surface area contributed by atoms with Gasteiger partial charge >= 0.3 is 0 Å². The maximum absolute atomic E-state index is 11.0. The van der Waals surface area contributed by atoms with Crippen molar-refractivity contribution in [2.24, 2.45) is 0 Å². The number of nitro benzene ring substituents is 1. The van der Waals surface area contributed by atoms with Crippen molar-refractivity contribution in [2.45, 2.75) is 9.79 Å². The summed E-state index contributed by atoms with van der Waals surface area (Å²) in [6, 6.07) is 9.15. The molecule has 20 heavy (non-hydrogen) atoms. The summed E-state index contributed by atoms with van der Waals surface area (Å²) in [7, 11) is 0. The number of halogens is 2. The quantitative estimate of drug-likeness (QED) is 0.456. The second-order valence-corrected chi connectivity index (χ2v) is 5.71. The Morgan fingerprint density at radius 3 is 2.50 bits per heavy atom. The number of carbonyl (C=O) groups is 1. The summed E-state index contributed by atoms with van der Waals surface area (Å²) < 4.78 is 0. The molecule has 7 heteroatoms. The van der Waals surface area contributed by atoms with Crippen molar-refractivity contribution < 1.29 is 9.72 Å². The van der Waals surface area contributed by atoms with Gasteiger partial charge in [0, 0.05) is 21.5 Å². The van der Waals surface area contributed by atoms with Crippen LogP contribution in [-0.2, 0) is 0 Å². The Hall–Kier alpha value is -1.56. The molecule has 2 aromatic rings. The first-order valence-corrected chi connectivity index (χ1v) is 6.95. The molecule has 0 radical (unpaired) electrons. The molecule has 0 aliphatic rings. The molecule has 0 aromatic heterocycles. The van der Waals surface area contributed by atoms with Crippen LogP contribution in [0.3, 0.4) is 0 Å². The van der Waals surface area contributed by atoms with E-state index in [1.165, 1.54) is 18.2 Å². The van der Waals surface area contributed by atoms with Gasteiger partial charge in [-0.3, -0.25) is 14.9 Å². The first kappa shape index (κ1) is 14.8. The van der Waals surface area contributed by atoms with Gasteiger partial charge in [0.15, 0.2) is 0 Å². The number of rotatable bonds is 4. The van der Waals surface area contributed by atoms with E-state index in [-0.39, 0.29) is 11.3 Å². The summed E-state index contributed by atoms with van der Waals surface area (Å²) in [6.45, 7) is 0. The molecule has 0 spiro atoms.